The van der Waals surface area contributed by atoms with Gasteiger partial charge >= 0.3 is 0 Å². The normalized spacial score (nSPS) is 11.5. The number of aromatic nitrogens is 1. The van der Waals surface area contributed by atoms with E-state index >= 15 is 0 Å². The van der Waals surface area contributed by atoms with Gasteiger partial charge in [-0.1, -0.05) is 17.7 Å². The first-order valence-corrected chi connectivity index (χ1v) is 8.55. The first-order chi connectivity index (χ1) is 13.0. The highest BCUT2D eigenvalue weighted by Crippen LogP contribution is 2.20. The third-order valence-electron chi connectivity index (χ3n) is 3.46. The summed E-state index contributed by atoms with van der Waals surface area (Å²) in [6.45, 7) is -0.103. The van der Waals surface area contributed by atoms with Gasteiger partial charge in [0.05, 0.1) is 11.1 Å². The zero-order valence-electron chi connectivity index (χ0n) is 14.3. The molecule has 1 atom stereocenters. The molecule has 0 aliphatic carbocycles. The van der Waals surface area contributed by atoms with Gasteiger partial charge in [0.25, 0.3) is 11.8 Å². The van der Waals surface area contributed by atoms with Crippen LogP contribution in [0.4, 0.5) is 4.39 Å². The minimum Gasteiger partial charge on any atom is -0.484 e. The van der Waals surface area contributed by atoms with Crippen LogP contribution in [-0.2, 0) is 4.79 Å². The Hall–Kier alpha value is -2.71. The highest BCUT2D eigenvalue weighted by Gasteiger charge is 2.10. The molecule has 1 aromatic carbocycles. The van der Waals surface area contributed by atoms with E-state index in [1.807, 2.05) is 0 Å². The van der Waals surface area contributed by atoms with Gasteiger partial charge in [-0.3, -0.25) is 14.6 Å². The van der Waals surface area contributed by atoms with E-state index in [1.165, 1.54) is 18.3 Å². The number of hydrogen-bond donors (Lipinski definition) is 3. The molecule has 0 saturated carbocycles. The molecule has 2 rings (SSSR count). The average molecular weight is 396 g/mol. The van der Waals surface area contributed by atoms with Crippen LogP contribution in [-0.4, -0.2) is 47.7 Å². The van der Waals surface area contributed by atoms with Crippen LogP contribution in [0.15, 0.2) is 42.6 Å². The lowest BCUT2D eigenvalue weighted by Gasteiger charge is -2.13. The van der Waals surface area contributed by atoms with Crippen molar-refractivity contribution in [2.45, 2.75) is 12.5 Å². The molecule has 0 radical (unpaired) electrons. The van der Waals surface area contributed by atoms with E-state index in [1.54, 1.807) is 18.2 Å². The summed E-state index contributed by atoms with van der Waals surface area (Å²) in [5.74, 6) is -1.28. The third-order valence-corrected chi connectivity index (χ3v) is 3.76. The van der Waals surface area contributed by atoms with Crippen molar-refractivity contribution in [3.8, 4) is 5.75 Å². The van der Waals surface area contributed by atoms with Gasteiger partial charge < -0.3 is 20.5 Å². The van der Waals surface area contributed by atoms with E-state index in [-0.39, 0.29) is 48.5 Å². The summed E-state index contributed by atoms with van der Waals surface area (Å²) < 4.78 is 18.4. The lowest BCUT2D eigenvalue weighted by molar-refractivity contribution is -0.123. The second-order valence-electron chi connectivity index (χ2n) is 5.58. The maximum Gasteiger partial charge on any atom is 0.269 e. The number of aliphatic hydroxyl groups is 1. The van der Waals surface area contributed by atoms with Crippen LogP contribution in [0.25, 0.3) is 0 Å². The van der Waals surface area contributed by atoms with Crippen molar-refractivity contribution in [3.63, 3.8) is 0 Å². The molecule has 2 aromatic rings. The molecule has 1 aromatic heterocycles. The number of carbonyl (C=O) groups excluding carboxylic acids is 2. The lowest BCUT2D eigenvalue weighted by Crippen LogP contribution is -2.37. The first kappa shape index (κ1) is 20.6. The fraction of sp³-hybridized carbons (Fsp3) is 0.278. The fourth-order valence-electron chi connectivity index (χ4n) is 2.04. The predicted molar refractivity (Wildman–Crippen MR) is 97.1 cm³/mol. The Morgan fingerprint density at radius 3 is 2.78 bits per heavy atom. The second kappa shape index (κ2) is 10.4. The van der Waals surface area contributed by atoms with Crippen molar-refractivity contribution in [1.29, 1.82) is 0 Å². The van der Waals surface area contributed by atoms with Gasteiger partial charge in [0, 0.05) is 25.4 Å². The Morgan fingerprint density at radius 1 is 1.26 bits per heavy atom. The molecule has 0 aliphatic heterocycles. The average Bonchev–Trinajstić information content (AvgIpc) is 2.68. The zero-order chi connectivity index (χ0) is 19.6. The number of rotatable bonds is 9. The Balaban J connectivity index is 1.61. The van der Waals surface area contributed by atoms with Gasteiger partial charge in [0.1, 0.15) is 17.3 Å². The summed E-state index contributed by atoms with van der Waals surface area (Å²) in [6.07, 6.45) is 0.924. The summed E-state index contributed by atoms with van der Waals surface area (Å²) >= 11 is 5.56. The number of benzene rings is 1. The number of aliphatic hydroxyl groups excluding tert-OH is 1. The van der Waals surface area contributed by atoms with Crippen LogP contribution in [0.1, 0.15) is 16.9 Å². The Morgan fingerprint density at radius 2 is 2.07 bits per heavy atom. The second-order valence-corrected chi connectivity index (χ2v) is 5.99. The molecule has 144 valence electrons. The molecule has 0 saturated heterocycles. The van der Waals surface area contributed by atoms with E-state index in [2.05, 4.69) is 15.6 Å². The number of carbonyl (C=O) groups is 2. The number of halogens is 2. The minimum absolute atomic E-state index is 0.00334. The number of amides is 2. The molecule has 3 N–H and O–H groups in total. The zero-order valence-corrected chi connectivity index (χ0v) is 15.1. The summed E-state index contributed by atoms with van der Waals surface area (Å²) in [6, 6.07) is 8.83. The van der Waals surface area contributed by atoms with E-state index in [0.29, 0.717) is 0 Å². The molecule has 0 fully saturated rings. The first-order valence-electron chi connectivity index (χ1n) is 8.17. The molecule has 2 amide bonds. The van der Waals surface area contributed by atoms with Crippen molar-refractivity contribution in [1.82, 2.24) is 15.6 Å². The number of hydrogen-bond acceptors (Lipinski definition) is 5. The quantitative estimate of drug-likeness (QED) is 0.598. The summed E-state index contributed by atoms with van der Waals surface area (Å²) in [5.41, 5.74) is 0.288. The van der Waals surface area contributed by atoms with Crippen LogP contribution in [0.5, 0.6) is 5.75 Å². The predicted octanol–water partition coefficient (Wildman–Crippen LogP) is 1.55. The molecule has 0 aliphatic rings. The largest absolute Gasteiger partial charge is 0.484 e. The van der Waals surface area contributed by atoms with Gasteiger partial charge in [0.15, 0.2) is 6.61 Å². The third kappa shape index (κ3) is 7.20. The van der Waals surface area contributed by atoms with Crippen molar-refractivity contribution >= 4 is 23.4 Å². The molecular formula is C18H19ClFN3O4. The standard InChI is InChI=1S/C18H19ClFN3O4/c19-14-5-4-13(9-15(14)20)27-11-17(25)23-10-12(24)6-8-22-18(26)16-3-1-2-7-21-16/h1-5,7,9,12,24H,6,8,10-11H2,(H,22,26)(H,23,25)/t12-/m0/s1. The van der Waals surface area contributed by atoms with Gasteiger partial charge in [0.2, 0.25) is 0 Å². The number of pyridine rings is 1. The molecule has 1 heterocycles. The topological polar surface area (TPSA) is 101 Å². The number of ether oxygens (including phenoxy) is 1. The Labute approximate surface area is 160 Å². The smallest absolute Gasteiger partial charge is 0.269 e. The lowest BCUT2D eigenvalue weighted by atomic mass is 10.2. The highest BCUT2D eigenvalue weighted by molar-refractivity contribution is 6.30. The molecule has 0 unspecified atom stereocenters. The maximum atomic E-state index is 13.3. The van der Waals surface area contributed by atoms with Crippen LogP contribution in [0, 0.1) is 5.82 Å². The van der Waals surface area contributed by atoms with Crippen LogP contribution >= 0.6 is 11.6 Å². The van der Waals surface area contributed by atoms with E-state index in [9.17, 15) is 19.1 Å². The molecule has 27 heavy (non-hydrogen) atoms. The van der Waals surface area contributed by atoms with Crippen molar-refractivity contribution < 1.29 is 23.8 Å². The van der Waals surface area contributed by atoms with Crippen molar-refractivity contribution in [3.05, 3.63) is 59.1 Å². The van der Waals surface area contributed by atoms with Gasteiger partial charge in [-0.05, 0) is 30.7 Å². The molecule has 7 nitrogen and oxygen atoms in total. The van der Waals surface area contributed by atoms with E-state index in [0.717, 1.165) is 6.07 Å². The monoisotopic (exact) mass is 395 g/mol. The van der Waals surface area contributed by atoms with E-state index < -0.39 is 17.8 Å². The Bertz CT molecular complexity index is 776. The highest BCUT2D eigenvalue weighted by atomic mass is 35.5. The van der Waals surface area contributed by atoms with Gasteiger partial charge in [-0.15, -0.1) is 0 Å². The van der Waals surface area contributed by atoms with Crippen molar-refractivity contribution in [2.75, 3.05) is 19.7 Å². The molecule has 0 bridgehead atoms. The van der Waals surface area contributed by atoms with Gasteiger partial charge in [-0.25, -0.2) is 4.39 Å². The van der Waals surface area contributed by atoms with Crippen LogP contribution < -0.4 is 15.4 Å². The van der Waals surface area contributed by atoms with Crippen LogP contribution in [0.3, 0.4) is 0 Å². The number of nitrogens with one attached hydrogen (secondary N) is 2. The molecular weight excluding hydrogens is 377 g/mol. The Kier molecular flexibility index (Phi) is 7.97. The molecule has 9 heteroatoms. The number of nitrogens with zero attached hydrogens (tertiary/aromatic N) is 1. The summed E-state index contributed by atoms with van der Waals surface area (Å²) in [7, 11) is 0. The maximum absolute atomic E-state index is 13.3. The van der Waals surface area contributed by atoms with Gasteiger partial charge in [-0.2, -0.15) is 0 Å². The minimum atomic E-state index is -0.842. The summed E-state index contributed by atoms with van der Waals surface area (Å²) in [4.78, 5) is 27.4. The van der Waals surface area contributed by atoms with E-state index in [4.69, 9.17) is 16.3 Å². The van der Waals surface area contributed by atoms with Crippen LogP contribution in [0.2, 0.25) is 5.02 Å². The van der Waals surface area contributed by atoms with Crippen molar-refractivity contribution in [2.24, 2.45) is 0 Å². The molecule has 0 spiro atoms. The fourth-order valence-corrected chi connectivity index (χ4v) is 2.16. The SMILES string of the molecule is O=C(COc1ccc(Cl)c(F)c1)NC[C@@H](O)CCNC(=O)c1ccccn1. The summed E-state index contributed by atoms with van der Waals surface area (Å²) in [5, 5.41) is 14.9.